The monoisotopic (exact) mass is 445 g/mol. The number of hydrogen-bond acceptors (Lipinski definition) is 4. The maximum Gasteiger partial charge on any atom is 0.295 e. The van der Waals surface area contributed by atoms with E-state index in [0.29, 0.717) is 5.69 Å². The van der Waals surface area contributed by atoms with Gasteiger partial charge in [0, 0.05) is 37.7 Å². The van der Waals surface area contributed by atoms with Crippen molar-refractivity contribution in [2.45, 2.75) is 44.1 Å². The van der Waals surface area contributed by atoms with Crippen LogP contribution in [0.2, 0.25) is 0 Å². The van der Waals surface area contributed by atoms with Crippen molar-refractivity contribution in [1.29, 1.82) is 0 Å². The third-order valence-electron chi connectivity index (χ3n) is 5.58. The van der Waals surface area contributed by atoms with Crippen molar-refractivity contribution in [2.75, 3.05) is 13.1 Å². The van der Waals surface area contributed by atoms with Crippen LogP contribution >= 0.6 is 0 Å². The van der Waals surface area contributed by atoms with E-state index < -0.39 is 23.9 Å². The van der Waals surface area contributed by atoms with Gasteiger partial charge < -0.3 is 16.4 Å². The lowest BCUT2D eigenvalue weighted by Gasteiger charge is -2.25. The first-order valence-electron chi connectivity index (χ1n) is 10.8. The van der Waals surface area contributed by atoms with Gasteiger partial charge in [0.05, 0.1) is 11.3 Å². The molecule has 32 heavy (non-hydrogen) atoms. The Bertz CT molecular complexity index is 937. The minimum absolute atomic E-state index is 0.0683. The molecule has 0 bridgehead atoms. The molecule has 2 aromatic rings. The van der Waals surface area contributed by atoms with Crippen molar-refractivity contribution in [3.05, 3.63) is 60.4 Å². The zero-order valence-electron chi connectivity index (χ0n) is 17.9. The number of carbonyl (C=O) groups is 2. The second kappa shape index (κ2) is 10.5. The molecule has 1 aliphatic carbocycles. The molecule has 0 spiro atoms. The predicted octanol–water partition coefficient (Wildman–Crippen LogP) is 2.90. The van der Waals surface area contributed by atoms with E-state index in [-0.39, 0.29) is 36.5 Å². The summed E-state index contributed by atoms with van der Waals surface area (Å²) in [5.41, 5.74) is 5.60. The Hall–Kier alpha value is -3.07. The largest absolute Gasteiger partial charge is 0.354 e. The number of nitrogens with two attached hydrogens (primary N) is 1. The second-order valence-corrected chi connectivity index (χ2v) is 8.03. The molecule has 1 aromatic carbocycles. The quantitative estimate of drug-likeness (QED) is 0.408. The van der Waals surface area contributed by atoms with Crippen LogP contribution in [0.3, 0.4) is 0 Å². The van der Waals surface area contributed by atoms with Crippen LogP contribution in [0.5, 0.6) is 0 Å². The first kappa shape index (κ1) is 23.6. The number of benzene rings is 1. The number of nitrogens with one attached hydrogen (secondary N) is 2. The summed E-state index contributed by atoms with van der Waals surface area (Å²) < 4.78 is 30.5. The van der Waals surface area contributed by atoms with Crippen LogP contribution in [0, 0.1) is 5.92 Å². The smallest absolute Gasteiger partial charge is 0.295 e. The number of rotatable bonds is 9. The Labute approximate surface area is 186 Å². The standard InChI is InChI=1S/C23H29F2N5O2/c1-2-12-23(24,25)20-19(15-30(29-20)18-6-4-3-5-7-18)22(32)28-14-13-27-21(31)16-8-10-17(26)11-9-16/h2-7,15-17H,1,8-14,26H2,(H,27,31)(H,28,32). The Kier molecular flexibility index (Phi) is 7.74. The molecule has 1 saturated carbocycles. The van der Waals surface area contributed by atoms with Crippen LogP contribution in [-0.2, 0) is 10.7 Å². The Balaban J connectivity index is 1.64. The van der Waals surface area contributed by atoms with Crippen LogP contribution < -0.4 is 16.4 Å². The second-order valence-electron chi connectivity index (χ2n) is 8.03. The van der Waals surface area contributed by atoms with E-state index in [9.17, 15) is 18.4 Å². The van der Waals surface area contributed by atoms with Gasteiger partial charge in [-0.05, 0) is 37.8 Å². The zero-order valence-corrected chi connectivity index (χ0v) is 17.9. The van der Waals surface area contributed by atoms with E-state index in [1.165, 1.54) is 10.9 Å². The number of alkyl halides is 2. The van der Waals surface area contributed by atoms with E-state index in [2.05, 4.69) is 22.3 Å². The molecule has 0 unspecified atom stereocenters. The van der Waals surface area contributed by atoms with Crippen LogP contribution in [0.25, 0.3) is 5.69 Å². The zero-order chi connectivity index (χ0) is 23.1. The normalized spacial score (nSPS) is 18.7. The number of carbonyl (C=O) groups excluding carboxylic acids is 2. The van der Waals surface area contributed by atoms with Crippen LogP contribution in [0.1, 0.15) is 48.2 Å². The summed E-state index contributed by atoms with van der Waals surface area (Å²) in [5.74, 6) is -4.16. The Morgan fingerprint density at radius 2 is 1.81 bits per heavy atom. The average Bonchev–Trinajstić information content (AvgIpc) is 3.24. The summed E-state index contributed by atoms with van der Waals surface area (Å²) in [6.45, 7) is 3.69. The van der Waals surface area contributed by atoms with Crippen LogP contribution in [0.15, 0.2) is 49.2 Å². The highest BCUT2D eigenvalue weighted by molar-refractivity contribution is 5.95. The van der Waals surface area contributed by atoms with Gasteiger partial charge in [0.25, 0.3) is 11.8 Å². The summed E-state index contributed by atoms with van der Waals surface area (Å²) >= 11 is 0. The Morgan fingerprint density at radius 3 is 2.47 bits per heavy atom. The van der Waals surface area contributed by atoms with Crippen molar-refractivity contribution in [3.63, 3.8) is 0 Å². The number of para-hydroxylation sites is 1. The van der Waals surface area contributed by atoms with Gasteiger partial charge in [-0.15, -0.1) is 6.58 Å². The lowest BCUT2D eigenvalue weighted by Crippen LogP contribution is -2.40. The summed E-state index contributed by atoms with van der Waals surface area (Å²) in [7, 11) is 0. The highest BCUT2D eigenvalue weighted by atomic mass is 19.3. The lowest BCUT2D eigenvalue weighted by atomic mass is 9.86. The summed E-state index contributed by atoms with van der Waals surface area (Å²) in [6.07, 6.45) is 4.89. The van der Waals surface area contributed by atoms with E-state index in [1.807, 2.05) is 0 Å². The number of allylic oxidation sites excluding steroid dienone is 1. The van der Waals surface area contributed by atoms with Gasteiger partial charge in [-0.3, -0.25) is 9.59 Å². The fourth-order valence-electron chi connectivity index (χ4n) is 3.78. The van der Waals surface area contributed by atoms with Crippen LogP contribution in [0.4, 0.5) is 8.78 Å². The molecule has 1 heterocycles. The molecule has 3 rings (SSSR count). The van der Waals surface area contributed by atoms with E-state index in [0.717, 1.165) is 31.8 Å². The molecular formula is C23H29F2N5O2. The topological polar surface area (TPSA) is 102 Å². The van der Waals surface area contributed by atoms with Crippen molar-refractivity contribution in [1.82, 2.24) is 20.4 Å². The molecule has 0 aliphatic heterocycles. The van der Waals surface area contributed by atoms with Gasteiger partial charge in [-0.2, -0.15) is 13.9 Å². The minimum atomic E-state index is -3.34. The van der Waals surface area contributed by atoms with Crippen molar-refractivity contribution in [3.8, 4) is 5.69 Å². The minimum Gasteiger partial charge on any atom is -0.354 e. The maximum absolute atomic E-state index is 14.6. The van der Waals surface area contributed by atoms with Crippen molar-refractivity contribution >= 4 is 11.8 Å². The molecule has 0 saturated heterocycles. The molecule has 1 fully saturated rings. The summed E-state index contributed by atoms with van der Waals surface area (Å²) in [4.78, 5) is 24.9. The molecule has 1 aliphatic rings. The molecule has 0 atom stereocenters. The van der Waals surface area contributed by atoms with E-state index in [4.69, 9.17) is 5.73 Å². The summed E-state index contributed by atoms with van der Waals surface area (Å²) in [5, 5.41) is 9.38. The van der Waals surface area contributed by atoms with Gasteiger partial charge in [0.2, 0.25) is 5.91 Å². The first-order chi connectivity index (χ1) is 15.3. The molecular weight excluding hydrogens is 416 g/mol. The van der Waals surface area contributed by atoms with Crippen molar-refractivity contribution in [2.24, 2.45) is 11.7 Å². The molecule has 7 nitrogen and oxygen atoms in total. The number of nitrogens with zero attached hydrogens (tertiary/aromatic N) is 2. The third-order valence-corrected chi connectivity index (χ3v) is 5.58. The van der Waals surface area contributed by atoms with Crippen molar-refractivity contribution < 1.29 is 18.4 Å². The Morgan fingerprint density at radius 1 is 1.16 bits per heavy atom. The first-order valence-corrected chi connectivity index (χ1v) is 10.8. The fraction of sp³-hybridized carbons (Fsp3) is 0.435. The molecule has 4 N–H and O–H groups in total. The maximum atomic E-state index is 14.6. The average molecular weight is 446 g/mol. The van der Waals surface area contributed by atoms with Gasteiger partial charge in [-0.25, -0.2) is 4.68 Å². The van der Waals surface area contributed by atoms with Gasteiger partial charge in [0.1, 0.15) is 5.69 Å². The lowest BCUT2D eigenvalue weighted by molar-refractivity contribution is -0.125. The SMILES string of the molecule is C=CCC(F)(F)c1nn(-c2ccccc2)cc1C(=O)NCCNC(=O)C1CCC(N)CC1. The summed E-state index contributed by atoms with van der Waals surface area (Å²) in [6, 6.07) is 8.87. The number of amides is 2. The fourth-order valence-corrected chi connectivity index (χ4v) is 3.78. The van der Waals surface area contributed by atoms with Crippen LogP contribution in [-0.4, -0.2) is 40.7 Å². The molecule has 172 valence electrons. The number of halogens is 2. The molecule has 2 amide bonds. The molecule has 9 heteroatoms. The van der Waals surface area contributed by atoms with Gasteiger partial charge >= 0.3 is 0 Å². The predicted molar refractivity (Wildman–Crippen MR) is 118 cm³/mol. The molecule has 1 aromatic heterocycles. The van der Waals surface area contributed by atoms with Gasteiger partial charge in [-0.1, -0.05) is 24.3 Å². The highest BCUT2D eigenvalue weighted by Crippen LogP contribution is 2.33. The third kappa shape index (κ3) is 5.79. The number of aromatic nitrogens is 2. The highest BCUT2D eigenvalue weighted by Gasteiger charge is 2.38. The molecule has 0 radical (unpaired) electrons. The van der Waals surface area contributed by atoms with E-state index >= 15 is 0 Å². The number of hydrogen-bond donors (Lipinski definition) is 3. The van der Waals surface area contributed by atoms with E-state index in [1.54, 1.807) is 30.3 Å². The van der Waals surface area contributed by atoms with Gasteiger partial charge in [0.15, 0.2) is 0 Å².